The fraction of sp³-hybridized carbons (Fsp3) is 0.200. The number of hydrogen-bond acceptors (Lipinski definition) is 4. The van der Waals surface area contributed by atoms with Gasteiger partial charge in [-0.3, -0.25) is 5.10 Å². The van der Waals surface area contributed by atoms with E-state index in [1.54, 1.807) is 18.3 Å². The van der Waals surface area contributed by atoms with Crippen LogP contribution in [-0.4, -0.2) is 33.9 Å². The number of carboxylic acid groups (broad SMARTS) is 1. The SMILES string of the molecule is CC(C)C1CN(c2ccc(C(=O)O)cc2)c2cc3[nH]ncc3cc2N1c1ccc(F)cc1. The smallest absolute Gasteiger partial charge is 0.335 e. The maximum atomic E-state index is 13.7. The molecule has 7 heteroatoms. The lowest BCUT2D eigenvalue weighted by Crippen LogP contribution is -2.48. The normalized spacial score (nSPS) is 15.9. The second-order valence-corrected chi connectivity index (χ2v) is 8.42. The molecule has 0 saturated heterocycles. The fourth-order valence-corrected chi connectivity index (χ4v) is 4.39. The average molecular weight is 430 g/mol. The Hall–Kier alpha value is -3.87. The number of H-pyrrole nitrogens is 1. The minimum Gasteiger partial charge on any atom is -0.478 e. The monoisotopic (exact) mass is 430 g/mol. The van der Waals surface area contributed by atoms with Gasteiger partial charge in [-0.05, 0) is 66.6 Å². The van der Waals surface area contributed by atoms with Gasteiger partial charge < -0.3 is 14.9 Å². The molecule has 1 aliphatic rings. The quantitative estimate of drug-likeness (QED) is 0.434. The molecular weight excluding hydrogens is 407 g/mol. The fourth-order valence-electron chi connectivity index (χ4n) is 4.39. The van der Waals surface area contributed by atoms with Crippen molar-refractivity contribution in [2.75, 3.05) is 16.3 Å². The summed E-state index contributed by atoms with van der Waals surface area (Å²) >= 11 is 0. The molecule has 1 unspecified atom stereocenters. The molecule has 0 fully saturated rings. The van der Waals surface area contributed by atoms with E-state index in [2.05, 4.69) is 46.0 Å². The lowest BCUT2D eigenvalue weighted by Gasteiger charge is -2.46. The molecular formula is C25H23FN4O2. The largest absolute Gasteiger partial charge is 0.478 e. The highest BCUT2D eigenvalue weighted by Crippen LogP contribution is 2.46. The summed E-state index contributed by atoms with van der Waals surface area (Å²) in [5.41, 5.74) is 4.99. The summed E-state index contributed by atoms with van der Waals surface area (Å²) in [5.74, 6) is -0.913. The number of halogens is 1. The van der Waals surface area contributed by atoms with Crippen LogP contribution >= 0.6 is 0 Å². The zero-order valence-corrected chi connectivity index (χ0v) is 17.8. The molecule has 6 nitrogen and oxygen atoms in total. The van der Waals surface area contributed by atoms with E-state index >= 15 is 0 Å². The lowest BCUT2D eigenvalue weighted by molar-refractivity contribution is 0.0697. The predicted octanol–water partition coefficient (Wildman–Crippen LogP) is 5.71. The van der Waals surface area contributed by atoms with Crippen molar-refractivity contribution in [3.8, 4) is 0 Å². The van der Waals surface area contributed by atoms with Crippen LogP contribution in [0.4, 0.5) is 27.1 Å². The molecule has 1 aliphatic heterocycles. The van der Waals surface area contributed by atoms with Gasteiger partial charge in [0.05, 0.1) is 34.7 Å². The Kier molecular flexibility index (Phi) is 4.81. The van der Waals surface area contributed by atoms with Gasteiger partial charge in [0.1, 0.15) is 5.82 Å². The van der Waals surface area contributed by atoms with Crippen LogP contribution in [0.15, 0.2) is 66.9 Å². The standard InChI is InChI=1S/C25H23FN4O2/c1-15(2)24-14-29(19-7-3-16(4-8-19)25(31)32)22-12-21-17(13-27-28-21)11-23(22)30(24)20-9-5-18(26)6-10-20/h3-13,15,24H,14H2,1-2H3,(H,27,28)(H,31,32). The number of benzene rings is 3. The van der Waals surface area contributed by atoms with E-state index in [4.69, 9.17) is 0 Å². The van der Waals surface area contributed by atoms with Crippen LogP contribution in [0.2, 0.25) is 0 Å². The first-order valence-electron chi connectivity index (χ1n) is 10.5. The first-order valence-corrected chi connectivity index (χ1v) is 10.5. The predicted molar refractivity (Wildman–Crippen MR) is 124 cm³/mol. The summed E-state index contributed by atoms with van der Waals surface area (Å²) < 4.78 is 13.7. The number of fused-ring (bicyclic) bond motifs is 2. The van der Waals surface area contributed by atoms with Crippen molar-refractivity contribution in [1.29, 1.82) is 0 Å². The van der Waals surface area contributed by atoms with E-state index < -0.39 is 5.97 Å². The molecule has 32 heavy (non-hydrogen) atoms. The number of hydrogen-bond donors (Lipinski definition) is 2. The Morgan fingerprint density at radius 2 is 1.75 bits per heavy atom. The highest BCUT2D eigenvalue weighted by atomic mass is 19.1. The van der Waals surface area contributed by atoms with Crippen molar-refractivity contribution >= 4 is 39.6 Å². The summed E-state index contributed by atoms with van der Waals surface area (Å²) in [6.07, 6.45) is 1.80. The first-order chi connectivity index (χ1) is 15.4. The van der Waals surface area contributed by atoms with Crippen LogP contribution in [-0.2, 0) is 0 Å². The van der Waals surface area contributed by atoms with Crippen LogP contribution < -0.4 is 9.80 Å². The van der Waals surface area contributed by atoms with E-state index in [1.807, 2.05) is 24.3 Å². The zero-order chi connectivity index (χ0) is 22.4. The van der Waals surface area contributed by atoms with Gasteiger partial charge in [0.15, 0.2) is 0 Å². The highest BCUT2D eigenvalue weighted by Gasteiger charge is 2.35. The van der Waals surface area contributed by atoms with Crippen molar-refractivity contribution in [2.45, 2.75) is 19.9 Å². The summed E-state index contributed by atoms with van der Waals surface area (Å²) in [7, 11) is 0. The first kappa shape index (κ1) is 20.1. The van der Waals surface area contributed by atoms with Gasteiger partial charge in [-0.25, -0.2) is 9.18 Å². The Labute approximate surface area is 184 Å². The molecule has 4 aromatic rings. The van der Waals surface area contributed by atoms with Gasteiger partial charge >= 0.3 is 5.97 Å². The minimum absolute atomic E-state index is 0.108. The molecule has 0 aliphatic carbocycles. The summed E-state index contributed by atoms with van der Waals surface area (Å²) in [5, 5.41) is 17.5. The van der Waals surface area contributed by atoms with Crippen molar-refractivity contribution in [3.05, 3.63) is 78.2 Å². The van der Waals surface area contributed by atoms with E-state index in [0.717, 1.165) is 33.7 Å². The third kappa shape index (κ3) is 3.36. The van der Waals surface area contributed by atoms with Crippen LogP contribution in [0.5, 0.6) is 0 Å². The number of carboxylic acids is 1. The highest BCUT2D eigenvalue weighted by molar-refractivity contribution is 5.95. The minimum atomic E-state index is -0.947. The molecule has 162 valence electrons. The van der Waals surface area contributed by atoms with E-state index in [-0.39, 0.29) is 17.4 Å². The third-order valence-electron chi connectivity index (χ3n) is 6.09. The molecule has 0 saturated carbocycles. The van der Waals surface area contributed by atoms with Crippen LogP contribution in [0.25, 0.3) is 10.9 Å². The van der Waals surface area contributed by atoms with Gasteiger partial charge in [-0.1, -0.05) is 13.8 Å². The van der Waals surface area contributed by atoms with Crippen LogP contribution in [0.1, 0.15) is 24.2 Å². The maximum Gasteiger partial charge on any atom is 0.335 e. The van der Waals surface area contributed by atoms with E-state index in [1.165, 1.54) is 12.1 Å². The molecule has 0 spiro atoms. The number of aromatic nitrogens is 2. The van der Waals surface area contributed by atoms with Crippen molar-refractivity contribution in [2.24, 2.45) is 5.92 Å². The van der Waals surface area contributed by atoms with E-state index in [0.29, 0.717) is 12.5 Å². The molecule has 3 aromatic carbocycles. The summed E-state index contributed by atoms with van der Waals surface area (Å²) in [4.78, 5) is 15.8. The van der Waals surface area contributed by atoms with Crippen molar-refractivity contribution in [3.63, 3.8) is 0 Å². The topological polar surface area (TPSA) is 72.5 Å². The molecule has 0 amide bonds. The number of aromatic amines is 1. The number of nitrogens with zero attached hydrogens (tertiary/aromatic N) is 3. The van der Waals surface area contributed by atoms with Crippen molar-refractivity contribution in [1.82, 2.24) is 10.2 Å². The molecule has 0 bridgehead atoms. The van der Waals surface area contributed by atoms with Gasteiger partial charge in [0.25, 0.3) is 0 Å². The Morgan fingerprint density at radius 3 is 2.41 bits per heavy atom. The number of nitrogens with one attached hydrogen (secondary N) is 1. The number of rotatable bonds is 4. The zero-order valence-electron chi connectivity index (χ0n) is 17.8. The van der Waals surface area contributed by atoms with Gasteiger partial charge in [0.2, 0.25) is 0 Å². The summed E-state index contributed by atoms with van der Waals surface area (Å²) in [6.45, 7) is 5.04. The Morgan fingerprint density at radius 1 is 1.06 bits per heavy atom. The Bertz CT molecular complexity index is 1280. The molecule has 1 atom stereocenters. The molecule has 5 rings (SSSR count). The van der Waals surface area contributed by atoms with Crippen LogP contribution in [0, 0.1) is 11.7 Å². The Balaban J connectivity index is 1.70. The van der Waals surface area contributed by atoms with Gasteiger partial charge in [-0.2, -0.15) is 5.10 Å². The number of aromatic carboxylic acids is 1. The number of anilines is 4. The second kappa shape index (κ2) is 7.67. The van der Waals surface area contributed by atoms with Gasteiger partial charge in [0, 0.05) is 23.3 Å². The van der Waals surface area contributed by atoms with Crippen LogP contribution in [0.3, 0.4) is 0 Å². The molecule has 0 radical (unpaired) electrons. The third-order valence-corrected chi connectivity index (χ3v) is 6.09. The maximum absolute atomic E-state index is 13.7. The van der Waals surface area contributed by atoms with Crippen molar-refractivity contribution < 1.29 is 14.3 Å². The van der Waals surface area contributed by atoms with Gasteiger partial charge in [-0.15, -0.1) is 0 Å². The molecule has 2 N–H and O–H groups in total. The average Bonchev–Trinajstić information content (AvgIpc) is 3.25. The van der Waals surface area contributed by atoms with E-state index in [9.17, 15) is 14.3 Å². The number of carbonyl (C=O) groups is 1. The second-order valence-electron chi connectivity index (χ2n) is 8.42. The lowest BCUT2D eigenvalue weighted by atomic mass is 9.95. The molecule has 2 heterocycles. The summed E-state index contributed by atoms with van der Waals surface area (Å²) in [6, 6.07) is 17.8. The molecule has 1 aromatic heterocycles.